The Balaban J connectivity index is 2.23. The second-order valence-corrected chi connectivity index (χ2v) is 5.38. The fourth-order valence-electron chi connectivity index (χ4n) is 2.18. The lowest BCUT2D eigenvalue weighted by atomic mass is 10.1. The quantitative estimate of drug-likeness (QED) is 0.876. The van der Waals surface area contributed by atoms with Crippen molar-refractivity contribution in [3.63, 3.8) is 0 Å². The van der Waals surface area contributed by atoms with E-state index in [-0.39, 0.29) is 0 Å². The number of methoxy groups -OCH3 is 2. The Labute approximate surface area is 130 Å². The Morgan fingerprint density at radius 2 is 1.71 bits per heavy atom. The summed E-state index contributed by atoms with van der Waals surface area (Å²) in [5.41, 5.74) is 4.61. The van der Waals surface area contributed by atoms with Gasteiger partial charge in [0.15, 0.2) is 0 Å². The zero-order chi connectivity index (χ0) is 15.4. The average molecular weight is 306 g/mol. The molecule has 0 heterocycles. The molecule has 0 spiro atoms. The van der Waals surface area contributed by atoms with Crippen LogP contribution in [0.25, 0.3) is 0 Å². The first-order chi connectivity index (χ1) is 10.0. The van der Waals surface area contributed by atoms with Gasteiger partial charge in [0.05, 0.1) is 24.9 Å². The van der Waals surface area contributed by atoms with Crippen molar-refractivity contribution in [2.75, 3.05) is 19.5 Å². The fraction of sp³-hybridized carbons (Fsp3) is 0.294. The van der Waals surface area contributed by atoms with E-state index in [2.05, 4.69) is 37.4 Å². The summed E-state index contributed by atoms with van der Waals surface area (Å²) >= 11 is 6.18. The Morgan fingerprint density at radius 3 is 2.38 bits per heavy atom. The van der Waals surface area contributed by atoms with E-state index in [1.54, 1.807) is 20.3 Å². The largest absolute Gasteiger partial charge is 0.495 e. The molecule has 0 aliphatic heterocycles. The van der Waals surface area contributed by atoms with Crippen LogP contribution in [0.2, 0.25) is 5.02 Å². The Bertz CT molecular complexity index is 641. The molecular formula is C17H20ClNO2. The molecular weight excluding hydrogens is 286 g/mol. The Morgan fingerprint density at radius 1 is 1.00 bits per heavy atom. The number of rotatable bonds is 5. The molecule has 0 aliphatic rings. The molecule has 1 N–H and O–H groups in total. The van der Waals surface area contributed by atoms with Crippen molar-refractivity contribution in [2.24, 2.45) is 0 Å². The van der Waals surface area contributed by atoms with Crippen molar-refractivity contribution >= 4 is 17.3 Å². The van der Waals surface area contributed by atoms with Crippen LogP contribution in [-0.2, 0) is 6.54 Å². The molecule has 0 unspecified atom stereocenters. The third-order valence-corrected chi connectivity index (χ3v) is 3.74. The Kier molecular flexibility index (Phi) is 4.97. The van der Waals surface area contributed by atoms with Gasteiger partial charge in [-0.2, -0.15) is 0 Å². The molecule has 0 atom stereocenters. The van der Waals surface area contributed by atoms with Crippen LogP contribution in [0.5, 0.6) is 11.5 Å². The molecule has 0 radical (unpaired) electrons. The van der Waals surface area contributed by atoms with Crippen molar-refractivity contribution < 1.29 is 9.47 Å². The number of nitrogens with one attached hydrogen (secondary N) is 1. The van der Waals surface area contributed by atoms with E-state index in [1.807, 2.05) is 6.07 Å². The third kappa shape index (κ3) is 3.61. The number of hydrogen-bond donors (Lipinski definition) is 1. The first kappa shape index (κ1) is 15.5. The minimum absolute atomic E-state index is 0.557. The maximum absolute atomic E-state index is 6.18. The van der Waals surface area contributed by atoms with Gasteiger partial charge < -0.3 is 14.8 Å². The first-order valence-corrected chi connectivity index (χ1v) is 7.14. The van der Waals surface area contributed by atoms with Gasteiger partial charge in [0.2, 0.25) is 0 Å². The molecule has 2 rings (SSSR count). The van der Waals surface area contributed by atoms with E-state index < -0.39 is 0 Å². The summed E-state index contributed by atoms with van der Waals surface area (Å²) in [7, 11) is 3.22. The second-order valence-electron chi connectivity index (χ2n) is 4.97. The zero-order valence-electron chi connectivity index (χ0n) is 12.8. The van der Waals surface area contributed by atoms with Gasteiger partial charge in [-0.3, -0.25) is 0 Å². The summed E-state index contributed by atoms with van der Waals surface area (Å²) in [6.45, 7) is 4.91. The maximum Gasteiger partial charge on any atom is 0.145 e. The number of anilines is 1. The van der Waals surface area contributed by atoms with Gasteiger partial charge in [-0.1, -0.05) is 35.4 Å². The normalized spacial score (nSPS) is 10.3. The van der Waals surface area contributed by atoms with Crippen molar-refractivity contribution in [2.45, 2.75) is 20.4 Å². The summed E-state index contributed by atoms with van der Waals surface area (Å²) in [4.78, 5) is 0. The van der Waals surface area contributed by atoms with Gasteiger partial charge in [-0.25, -0.2) is 0 Å². The standard InChI is InChI=1S/C17H20ClNO2/c1-11-5-6-12(2)13(7-11)10-19-15-8-14(18)16(20-3)9-17(15)21-4/h5-9,19H,10H2,1-4H3. The third-order valence-electron chi connectivity index (χ3n) is 3.45. The average Bonchev–Trinajstić information content (AvgIpc) is 2.48. The second kappa shape index (κ2) is 6.72. The van der Waals surface area contributed by atoms with Crippen LogP contribution in [0.1, 0.15) is 16.7 Å². The van der Waals surface area contributed by atoms with Gasteiger partial charge in [0.1, 0.15) is 11.5 Å². The highest BCUT2D eigenvalue weighted by Crippen LogP contribution is 2.36. The summed E-state index contributed by atoms with van der Waals surface area (Å²) in [5, 5.41) is 3.93. The highest BCUT2D eigenvalue weighted by molar-refractivity contribution is 6.32. The van der Waals surface area contributed by atoms with Gasteiger partial charge in [0, 0.05) is 12.6 Å². The van der Waals surface area contributed by atoms with Crippen molar-refractivity contribution in [3.05, 3.63) is 52.0 Å². The molecule has 3 nitrogen and oxygen atoms in total. The number of benzene rings is 2. The molecule has 112 valence electrons. The SMILES string of the molecule is COc1cc(OC)c(NCc2cc(C)ccc2C)cc1Cl. The number of aryl methyl sites for hydroxylation is 2. The first-order valence-electron chi connectivity index (χ1n) is 6.76. The highest BCUT2D eigenvalue weighted by Gasteiger charge is 2.10. The summed E-state index contributed by atoms with van der Waals surface area (Å²) in [6.07, 6.45) is 0. The van der Waals surface area contributed by atoms with Gasteiger partial charge in [0.25, 0.3) is 0 Å². The lowest BCUT2D eigenvalue weighted by molar-refractivity contribution is 0.395. The summed E-state index contributed by atoms with van der Waals surface area (Å²) in [5.74, 6) is 1.31. The molecule has 0 saturated heterocycles. The summed E-state index contributed by atoms with van der Waals surface area (Å²) < 4.78 is 10.6. The van der Waals surface area contributed by atoms with Crippen LogP contribution in [0.4, 0.5) is 5.69 Å². The van der Waals surface area contributed by atoms with Crippen molar-refractivity contribution in [3.8, 4) is 11.5 Å². The minimum Gasteiger partial charge on any atom is -0.495 e. The van der Waals surface area contributed by atoms with Gasteiger partial charge in [-0.15, -0.1) is 0 Å². The molecule has 2 aromatic rings. The summed E-state index contributed by atoms with van der Waals surface area (Å²) in [6, 6.07) is 10.0. The highest BCUT2D eigenvalue weighted by atomic mass is 35.5. The zero-order valence-corrected chi connectivity index (χ0v) is 13.5. The van der Waals surface area contributed by atoms with Crippen molar-refractivity contribution in [1.82, 2.24) is 0 Å². The fourth-order valence-corrected chi connectivity index (χ4v) is 2.42. The monoisotopic (exact) mass is 305 g/mol. The molecule has 0 bridgehead atoms. The van der Waals surface area contributed by atoms with E-state index in [0.717, 1.165) is 5.69 Å². The number of ether oxygens (including phenoxy) is 2. The smallest absolute Gasteiger partial charge is 0.145 e. The Hall–Kier alpha value is -1.87. The number of halogens is 1. The van der Waals surface area contributed by atoms with E-state index in [1.165, 1.54) is 16.7 Å². The lowest BCUT2D eigenvalue weighted by Gasteiger charge is -2.15. The maximum atomic E-state index is 6.18. The molecule has 2 aromatic carbocycles. The van der Waals surface area contributed by atoms with E-state index in [9.17, 15) is 0 Å². The minimum atomic E-state index is 0.557. The van der Waals surface area contributed by atoms with Crippen LogP contribution in [0, 0.1) is 13.8 Å². The predicted molar refractivity (Wildman–Crippen MR) is 87.8 cm³/mol. The van der Waals surface area contributed by atoms with Crippen LogP contribution in [0.15, 0.2) is 30.3 Å². The van der Waals surface area contributed by atoms with Gasteiger partial charge >= 0.3 is 0 Å². The van der Waals surface area contributed by atoms with Crippen LogP contribution < -0.4 is 14.8 Å². The molecule has 0 amide bonds. The van der Waals surface area contributed by atoms with E-state index in [0.29, 0.717) is 23.1 Å². The lowest BCUT2D eigenvalue weighted by Crippen LogP contribution is -2.03. The molecule has 4 heteroatoms. The van der Waals surface area contributed by atoms with E-state index in [4.69, 9.17) is 21.1 Å². The molecule has 0 fully saturated rings. The van der Waals surface area contributed by atoms with Crippen LogP contribution in [0.3, 0.4) is 0 Å². The van der Waals surface area contributed by atoms with Gasteiger partial charge in [-0.05, 0) is 31.0 Å². The molecule has 21 heavy (non-hydrogen) atoms. The number of hydrogen-bond acceptors (Lipinski definition) is 3. The molecule has 0 saturated carbocycles. The molecule has 0 aromatic heterocycles. The topological polar surface area (TPSA) is 30.5 Å². The van der Waals surface area contributed by atoms with E-state index >= 15 is 0 Å². The molecule has 0 aliphatic carbocycles. The predicted octanol–water partition coefficient (Wildman–Crippen LogP) is 4.59. The van der Waals surface area contributed by atoms with Crippen LogP contribution >= 0.6 is 11.6 Å². The van der Waals surface area contributed by atoms with Crippen molar-refractivity contribution in [1.29, 1.82) is 0 Å². The van der Waals surface area contributed by atoms with Crippen LogP contribution in [-0.4, -0.2) is 14.2 Å².